The summed E-state index contributed by atoms with van der Waals surface area (Å²) in [6.07, 6.45) is 5.64. The molecule has 0 bridgehead atoms. The number of anilines is 1. The molecule has 3 N–H and O–H groups in total. The van der Waals surface area contributed by atoms with Gasteiger partial charge in [0.15, 0.2) is 0 Å². The summed E-state index contributed by atoms with van der Waals surface area (Å²) in [6.45, 7) is 2.46. The van der Waals surface area contributed by atoms with Crippen LogP contribution >= 0.6 is 11.6 Å². The second kappa shape index (κ2) is 7.14. The standard InChI is InChI=1S/C16H23ClN2O2/c1-2-21-14-7-6-12(10-13(14)17)19-15(20)11-16(18)8-4-3-5-9-16/h6-7,10H,2-5,8-9,11,18H2,1H3,(H,19,20). The molecule has 116 valence electrons. The second-order valence-corrected chi connectivity index (χ2v) is 6.13. The van der Waals surface area contributed by atoms with E-state index in [0.29, 0.717) is 29.5 Å². The van der Waals surface area contributed by atoms with Crippen molar-refractivity contribution in [3.63, 3.8) is 0 Å². The van der Waals surface area contributed by atoms with Crippen LogP contribution in [-0.2, 0) is 4.79 Å². The molecule has 1 aromatic carbocycles. The summed E-state index contributed by atoms with van der Waals surface area (Å²) in [5, 5.41) is 3.36. The zero-order chi connectivity index (χ0) is 15.3. The molecule has 1 amide bonds. The minimum Gasteiger partial charge on any atom is -0.492 e. The van der Waals surface area contributed by atoms with Crippen molar-refractivity contribution in [2.75, 3.05) is 11.9 Å². The molecule has 0 spiro atoms. The van der Waals surface area contributed by atoms with Crippen LogP contribution < -0.4 is 15.8 Å². The van der Waals surface area contributed by atoms with Crippen molar-refractivity contribution in [2.45, 2.75) is 51.0 Å². The molecule has 2 rings (SSSR count). The fraction of sp³-hybridized carbons (Fsp3) is 0.562. The van der Waals surface area contributed by atoms with Crippen molar-refractivity contribution >= 4 is 23.2 Å². The van der Waals surface area contributed by atoms with Crippen LogP contribution in [0.2, 0.25) is 5.02 Å². The topological polar surface area (TPSA) is 64.3 Å². The van der Waals surface area contributed by atoms with Crippen LogP contribution in [0.1, 0.15) is 45.4 Å². The van der Waals surface area contributed by atoms with Gasteiger partial charge in [0.1, 0.15) is 5.75 Å². The molecule has 0 aromatic heterocycles. The molecule has 1 fully saturated rings. The second-order valence-electron chi connectivity index (χ2n) is 5.73. The molecule has 1 saturated carbocycles. The lowest BCUT2D eigenvalue weighted by Crippen LogP contribution is -2.44. The van der Waals surface area contributed by atoms with Gasteiger partial charge in [-0.15, -0.1) is 0 Å². The van der Waals surface area contributed by atoms with Gasteiger partial charge in [0, 0.05) is 17.6 Å². The molecule has 0 atom stereocenters. The van der Waals surface area contributed by atoms with Gasteiger partial charge in [0.2, 0.25) is 5.91 Å². The number of carbonyl (C=O) groups is 1. The average Bonchev–Trinajstić information content (AvgIpc) is 2.42. The Hall–Kier alpha value is -1.26. The van der Waals surface area contributed by atoms with Gasteiger partial charge < -0.3 is 15.8 Å². The lowest BCUT2D eigenvalue weighted by atomic mass is 9.80. The lowest BCUT2D eigenvalue weighted by molar-refractivity contribution is -0.117. The summed E-state index contributed by atoms with van der Waals surface area (Å²) in [5.74, 6) is 0.569. The van der Waals surface area contributed by atoms with E-state index >= 15 is 0 Å². The van der Waals surface area contributed by atoms with Crippen molar-refractivity contribution in [3.05, 3.63) is 23.2 Å². The first-order chi connectivity index (χ1) is 10.0. The van der Waals surface area contributed by atoms with Gasteiger partial charge in [-0.05, 0) is 38.0 Å². The average molecular weight is 311 g/mol. The van der Waals surface area contributed by atoms with E-state index < -0.39 is 0 Å². The normalized spacial score (nSPS) is 17.3. The van der Waals surface area contributed by atoms with Gasteiger partial charge in [-0.25, -0.2) is 0 Å². The highest BCUT2D eigenvalue weighted by Crippen LogP contribution is 2.30. The number of nitrogens with one attached hydrogen (secondary N) is 1. The molecule has 1 aliphatic carbocycles. The van der Waals surface area contributed by atoms with Crippen molar-refractivity contribution < 1.29 is 9.53 Å². The Bertz CT molecular complexity index is 499. The molecule has 0 saturated heterocycles. The smallest absolute Gasteiger partial charge is 0.226 e. The van der Waals surface area contributed by atoms with Crippen LogP contribution in [0.3, 0.4) is 0 Å². The first-order valence-corrected chi connectivity index (χ1v) is 7.91. The summed E-state index contributed by atoms with van der Waals surface area (Å²) < 4.78 is 5.37. The Morgan fingerprint density at radius 3 is 2.71 bits per heavy atom. The van der Waals surface area contributed by atoms with Crippen molar-refractivity contribution in [1.82, 2.24) is 0 Å². The Kier molecular flexibility index (Phi) is 5.48. The zero-order valence-corrected chi connectivity index (χ0v) is 13.2. The van der Waals surface area contributed by atoms with E-state index in [2.05, 4.69) is 5.32 Å². The largest absolute Gasteiger partial charge is 0.492 e. The van der Waals surface area contributed by atoms with E-state index in [1.807, 2.05) is 6.92 Å². The Morgan fingerprint density at radius 2 is 2.10 bits per heavy atom. The van der Waals surface area contributed by atoms with Crippen molar-refractivity contribution in [1.29, 1.82) is 0 Å². The third kappa shape index (κ3) is 4.61. The molecular weight excluding hydrogens is 288 g/mol. The number of amides is 1. The van der Waals surface area contributed by atoms with Gasteiger partial charge in [-0.1, -0.05) is 30.9 Å². The monoisotopic (exact) mass is 310 g/mol. The maximum atomic E-state index is 12.1. The van der Waals surface area contributed by atoms with Crippen molar-refractivity contribution in [3.8, 4) is 5.75 Å². The highest BCUT2D eigenvalue weighted by atomic mass is 35.5. The van der Waals surface area contributed by atoms with E-state index in [-0.39, 0.29) is 11.4 Å². The molecule has 21 heavy (non-hydrogen) atoms. The maximum Gasteiger partial charge on any atom is 0.226 e. The minimum absolute atomic E-state index is 0.0559. The number of carbonyl (C=O) groups excluding carboxylic acids is 1. The third-order valence-electron chi connectivity index (χ3n) is 3.88. The summed E-state index contributed by atoms with van der Waals surface area (Å²) in [5.41, 5.74) is 6.62. The Labute approximate surface area is 131 Å². The fourth-order valence-corrected chi connectivity index (χ4v) is 3.04. The summed E-state index contributed by atoms with van der Waals surface area (Å²) in [4.78, 5) is 12.1. The molecule has 0 radical (unpaired) electrons. The predicted molar refractivity (Wildman–Crippen MR) is 85.9 cm³/mol. The van der Waals surface area contributed by atoms with Crippen LogP contribution in [0.5, 0.6) is 5.75 Å². The van der Waals surface area contributed by atoms with Gasteiger partial charge in [-0.2, -0.15) is 0 Å². The molecule has 4 nitrogen and oxygen atoms in total. The quantitative estimate of drug-likeness (QED) is 0.871. The van der Waals surface area contributed by atoms with Gasteiger partial charge in [0.25, 0.3) is 0 Å². The maximum absolute atomic E-state index is 12.1. The third-order valence-corrected chi connectivity index (χ3v) is 4.17. The number of rotatable bonds is 5. The van der Waals surface area contributed by atoms with Crippen LogP contribution in [0.25, 0.3) is 0 Å². The first kappa shape index (κ1) is 16.1. The molecule has 0 aliphatic heterocycles. The molecule has 1 aliphatic rings. The number of benzene rings is 1. The zero-order valence-electron chi connectivity index (χ0n) is 12.5. The summed E-state index contributed by atoms with van der Waals surface area (Å²) in [6, 6.07) is 5.26. The van der Waals surface area contributed by atoms with Crippen LogP contribution in [0.15, 0.2) is 18.2 Å². The molecule has 1 aromatic rings. The van der Waals surface area contributed by atoms with E-state index in [1.54, 1.807) is 18.2 Å². The van der Waals surface area contributed by atoms with Crippen LogP contribution in [0.4, 0.5) is 5.69 Å². The number of ether oxygens (including phenoxy) is 1. The minimum atomic E-state index is -0.350. The van der Waals surface area contributed by atoms with Crippen LogP contribution in [0, 0.1) is 0 Å². The van der Waals surface area contributed by atoms with Gasteiger partial charge in [-0.3, -0.25) is 4.79 Å². The molecular formula is C16H23ClN2O2. The SMILES string of the molecule is CCOc1ccc(NC(=O)CC2(N)CCCCC2)cc1Cl. The fourth-order valence-electron chi connectivity index (χ4n) is 2.81. The molecule has 0 unspecified atom stereocenters. The van der Waals surface area contributed by atoms with E-state index in [9.17, 15) is 4.79 Å². The number of halogens is 1. The molecule has 5 heteroatoms. The Morgan fingerprint density at radius 1 is 1.38 bits per heavy atom. The number of hydrogen-bond acceptors (Lipinski definition) is 3. The van der Waals surface area contributed by atoms with Crippen LogP contribution in [-0.4, -0.2) is 18.1 Å². The van der Waals surface area contributed by atoms with E-state index in [1.165, 1.54) is 6.42 Å². The van der Waals surface area contributed by atoms with Gasteiger partial charge >= 0.3 is 0 Å². The Balaban J connectivity index is 1.94. The summed E-state index contributed by atoms with van der Waals surface area (Å²) >= 11 is 6.11. The number of hydrogen-bond donors (Lipinski definition) is 2. The highest BCUT2D eigenvalue weighted by molar-refractivity contribution is 6.32. The van der Waals surface area contributed by atoms with Crippen molar-refractivity contribution in [2.24, 2.45) is 5.73 Å². The highest BCUT2D eigenvalue weighted by Gasteiger charge is 2.29. The predicted octanol–water partition coefficient (Wildman–Crippen LogP) is 3.73. The van der Waals surface area contributed by atoms with E-state index in [0.717, 1.165) is 25.7 Å². The first-order valence-electron chi connectivity index (χ1n) is 7.53. The molecule has 0 heterocycles. The van der Waals surface area contributed by atoms with E-state index in [4.69, 9.17) is 22.1 Å². The van der Waals surface area contributed by atoms with Gasteiger partial charge in [0.05, 0.1) is 11.6 Å². The summed E-state index contributed by atoms with van der Waals surface area (Å²) in [7, 11) is 0. The number of nitrogens with two attached hydrogens (primary N) is 1. The lowest BCUT2D eigenvalue weighted by Gasteiger charge is -2.32.